The van der Waals surface area contributed by atoms with E-state index in [0.717, 1.165) is 23.5 Å². The monoisotopic (exact) mass is 299 g/mol. The average molecular weight is 299 g/mol. The molecule has 5 nitrogen and oxygen atoms in total. The Morgan fingerprint density at radius 2 is 2.18 bits per heavy atom. The van der Waals surface area contributed by atoms with Gasteiger partial charge in [-0.3, -0.25) is 9.78 Å². The number of carbonyl (C=O) groups excluding carboxylic acids is 1. The minimum Gasteiger partial charge on any atom is -0.491 e. The molecule has 1 atom stereocenters. The van der Waals surface area contributed by atoms with E-state index in [1.54, 1.807) is 12.4 Å². The Morgan fingerprint density at radius 3 is 2.91 bits per heavy atom. The van der Waals surface area contributed by atoms with Crippen LogP contribution >= 0.6 is 0 Å². The van der Waals surface area contributed by atoms with Crippen molar-refractivity contribution in [3.8, 4) is 5.75 Å². The molecule has 1 amide bonds. The molecule has 0 aliphatic rings. The number of ether oxygens (including phenoxy) is 1. The summed E-state index contributed by atoms with van der Waals surface area (Å²) in [5, 5.41) is 6.18. The molecule has 116 valence electrons. The summed E-state index contributed by atoms with van der Waals surface area (Å²) in [6, 6.07) is 11.7. The lowest BCUT2D eigenvalue weighted by Crippen LogP contribution is -2.24. The molecule has 0 fully saturated rings. The number of aromatic nitrogens is 1. The molecule has 0 aliphatic heterocycles. The molecule has 1 aromatic heterocycles. The van der Waals surface area contributed by atoms with Crippen LogP contribution in [0.5, 0.6) is 5.75 Å². The van der Waals surface area contributed by atoms with Gasteiger partial charge < -0.3 is 15.4 Å². The SMILES string of the molecule is CC(=O)Nc1cccc(C(C)NCCOc2cccnc2)c1. The van der Waals surface area contributed by atoms with Crippen LogP contribution in [-0.2, 0) is 4.79 Å². The zero-order chi connectivity index (χ0) is 15.8. The molecule has 0 radical (unpaired) electrons. The summed E-state index contributed by atoms with van der Waals surface area (Å²) >= 11 is 0. The molecular weight excluding hydrogens is 278 g/mol. The normalized spacial score (nSPS) is 11.7. The van der Waals surface area contributed by atoms with Crippen LogP contribution in [0.2, 0.25) is 0 Å². The number of pyridine rings is 1. The van der Waals surface area contributed by atoms with Gasteiger partial charge in [0.1, 0.15) is 12.4 Å². The zero-order valence-corrected chi connectivity index (χ0v) is 12.9. The Balaban J connectivity index is 1.79. The van der Waals surface area contributed by atoms with E-state index < -0.39 is 0 Å². The van der Waals surface area contributed by atoms with Crippen molar-refractivity contribution in [2.24, 2.45) is 0 Å². The van der Waals surface area contributed by atoms with Crippen LogP contribution in [0.3, 0.4) is 0 Å². The first-order valence-corrected chi connectivity index (χ1v) is 7.29. The number of amides is 1. The van der Waals surface area contributed by atoms with Crippen molar-refractivity contribution in [2.45, 2.75) is 19.9 Å². The summed E-state index contributed by atoms with van der Waals surface area (Å²) < 4.78 is 5.59. The van der Waals surface area contributed by atoms with E-state index in [1.807, 2.05) is 36.4 Å². The van der Waals surface area contributed by atoms with E-state index in [0.29, 0.717) is 6.61 Å². The number of benzene rings is 1. The predicted molar refractivity (Wildman–Crippen MR) is 86.9 cm³/mol. The Hall–Kier alpha value is -2.40. The number of nitrogens with one attached hydrogen (secondary N) is 2. The third kappa shape index (κ3) is 5.18. The first-order chi connectivity index (χ1) is 10.6. The van der Waals surface area contributed by atoms with E-state index in [2.05, 4.69) is 22.5 Å². The topological polar surface area (TPSA) is 63.2 Å². The second kappa shape index (κ2) is 8.14. The molecule has 0 saturated heterocycles. The molecule has 1 heterocycles. The molecule has 0 aliphatic carbocycles. The Bertz CT molecular complexity index is 602. The summed E-state index contributed by atoms with van der Waals surface area (Å²) in [7, 11) is 0. The molecule has 2 N–H and O–H groups in total. The third-order valence-corrected chi connectivity index (χ3v) is 3.16. The highest BCUT2D eigenvalue weighted by Gasteiger charge is 2.06. The van der Waals surface area contributed by atoms with Crippen molar-refractivity contribution < 1.29 is 9.53 Å². The third-order valence-electron chi connectivity index (χ3n) is 3.16. The Morgan fingerprint density at radius 1 is 1.32 bits per heavy atom. The molecule has 0 saturated carbocycles. The van der Waals surface area contributed by atoms with Gasteiger partial charge in [0, 0.05) is 31.4 Å². The molecular formula is C17H21N3O2. The molecule has 0 bridgehead atoms. The van der Waals surface area contributed by atoms with Gasteiger partial charge in [-0.15, -0.1) is 0 Å². The summed E-state index contributed by atoms with van der Waals surface area (Å²) in [6.45, 7) is 4.88. The second-order valence-electron chi connectivity index (χ2n) is 5.02. The van der Waals surface area contributed by atoms with Gasteiger partial charge >= 0.3 is 0 Å². The van der Waals surface area contributed by atoms with Gasteiger partial charge in [-0.2, -0.15) is 0 Å². The summed E-state index contributed by atoms with van der Waals surface area (Å²) in [6.07, 6.45) is 3.41. The number of carbonyl (C=O) groups is 1. The maximum atomic E-state index is 11.1. The minimum atomic E-state index is -0.0670. The first kappa shape index (κ1) is 16.0. The number of hydrogen-bond donors (Lipinski definition) is 2. The van der Waals surface area contributed by atoms with Crippen LogP contribution < -0.4 is 15.4 Å². The van der Waals surface area contributed by atoms with E-state index in [9.17, 15) is 4.79 Å². The van der Waals surface area contributed by atoms with Gasteiger partial charge in [-0.1, -0.05) is 12.1 Å². The highest BCUT2D eigenvalue weighted by molar-refractivity contribution is 5.88. The number of anilines is 1. The summed E-state index contributed by atoms with van der Waals surface area (Å²) in [4.78, 5) is 15.1. The fourth-order valence-corrected chi connectivity index (χ4v) is 2.08. The number of rotatable bonds is 7. The van der Waals surface area contributed by atoms with Gasteiger partial charge in [-0.25, -0.2) is 0 Å². The second-order valence-corrected chi connectivity index (χ2v) is 5.02. The van der Waals surface area contributed by atoms with Crippen LogP contribution in [0.1, 0.15) is 25.5 Å². The smallest absolute Gasteiger partial charge is 0.221 e. The van der Waals surface area contributed by atoms with E-state index in [1.165, 1.54) is 6.92 Å². The Kier molecular flexibility index (Phi) is 5.91. The largest absolute Gasteiger partial charge is 0.491 e. The van der Waals surface area contributed by atoms with Crippen LogP contribution in [0.15, 0.2) is 48.8 Å². The maximum absolute atomic E-state index is 11.1. The fraction of sp³-hybridized carbons (Fsp3) is 0.294. The maximum Gasteiger partial charge on any atom is 0.221 e. The van der Waals surface area contributed by atoms with Gasteiger partial charge in [-0.05, 0) is 36.8 Å². The first-order valence-electron chi connectivity index (χ1n) is 7.29. The van der Waals surface area contributed by atoms with Crippen molar-refractivity contribution in [3.63, 3.8) is 0 Å². The van der Waals surface area contributed by atoms with Crippen molar-refractivity contribution in [3.05, 3.63) is 54.4 Å². The average Bonchev–Trinajstić information content (AvgIpc) is 2.52. The molecule has 1 aromatic carbocycles. The quantitative estimate of drug-likeness (QED) is 0.772. The zero-order valence-electron chi connectivity index (χ0n) is 12.9. The van der Waals surface area contributed by atoms with E-state index in [-0.39, 0.29) is 11.9 Å². The number of hydrogen-bond acceptors (Lipinski definition) is 4. The summed E-state index contributed by atoms with van der Waals surface area (Å²) in [5.74, 6) is 0.701. The van der Waals surface area contributed by atoms with Crippen LogP contribution in [0.4, 0.5) is 5.69 Å². The van der Waals surface area contributed by atoms with Crippen LogP contribution in [0.25, 0.3) is 0 Å². The lowest BCUT2D eigenvalue weighted by molar-refractivity contribution is -0.114. The summed E-state index contributed by atoms with van der Waals surface area (Å²) in [5.41, 5.74) is 1.93. The fourth-order valence-electron chi connectivity index (χ4n) is 2.08. The molecule has 2 rings (SSSR count). The lowest BCUT2D eigenvalue weighted by atomic mass is 10.1. The van der Waals surface area contributed by atoms with Gasteiger partial charge in [0.05, 0.1) is 6.20 Å². The molecule has 1 unspecified atom stereocenters. The molecule has 2 aromatic rings. The minimum absolute atomic E-state index is 0.0670. The van der Waals surface area contributed by atoms with Crippen molar-refractivity contribution >= 4 is 11.6 Å². The molecule has 0 spiro atoms. The number of nitrogens with zero attached hydrogens (tertiary/aromatic N) is 1. The van der Waals surface area contributed by atoms with Gasteiger partial charge in [0.15, 0.2) is 0 Å². The van der Waals surface area contributed by atoms with Crippen LogP contribution in [-0.4, -0.2) is 24.0 Å². The Labute approximate surface area is 130 Å². The van der Waals surface area contributed by atoms with Crippen molar-refractivity contribution in [1.29, 1.82) is 0 Å². The van der Waals surface area contributed by atoms with Crippen LogP contribution in [0, 0.1) is 0 Å². The van der Waals surface area contributed by atoms with Crippen molar-refractivity contribution in [1.82, 2.24) is 10.3 Å². The lowest BCUT2D eigenvalue weighted by Gasteiger charge is -2.15. The van der Waals surface area contributed by atoms with Gasteiger partial charge in [0.25, 0.3) is 0 Å². The van der Waals surface area contributed by atoms with E-state index >= 15 is 0 Å². The molecule has 5 heteroatoms. The highest BCUT2D eigenvalue weighted by atomic mass is 16.5. The van der Waals surface area contributed by atoms with Crippen molar-refractivity contribution in [2.75, 3.05) is 18.5 Å². The standard InChI is InChI=1S/C17H21N3O2/c1-13(15-5-3-6-16(11-15)20-14(2)21)19-9-10-22-17-7-4-8-18-12-17/h3-8,11-13,19H,9-10H2,1-2H3,(H,20,21). The van der Waals surface area contributed by atoms with Gasteiger partial charge in [0.2, 0.25) is 5.91 Å². The van der Waals surface area contributed by atoms with E-state index in [4.69, 9.17) is 4.74 Å². The predicted octanol–water partition coefficient (Wildman–Crippen LogP) is 2.77. The highest BCUT2D eigenvalue weighted by Crippen LogP contribution is 2.17. The molecule has 22 heavy (non-hydrogen) atoms.